The van der Waals surface area contributed by atoms with Crippen molar-refractivity contribution in [3.05, 3.63) is 29.3 Å². The van der Waals surface area contributed by atoms with Gasteiger partial charge in [0, 0.05) is 19.6 Å². The summed E-state index contributed by atoms with van der Waals surface area (Å²) in [5, 5.41) is 0. The summed E-state index contributed by atoms with van der Waals surface area (Å²) in [7, 11) is -1.84. The molecule has 0 aromatic heterocycles. The number of nitrogens with zero attached hydrogens (tertiary/aromatic N) is 1. The summed E-state index contributed by atoms with van der Waals surface area (Å²) in [5.74, 6) is 0. The Morgan fingerprint density at radius 2 is 2.00 bits per heavy atom. The zero-order valence-electron chi connectivity index (χ0n) is 10.9. The van der Waals surface area contributed by atoms with E-state index in [1.165, 1.54) is 15.4 Å². The van der Waals surface area contributed by atoms with E-state index in [0.717, 1.165) is 19.3 Å². The number of aryl methyl sites for hydroxylation is 2. The van der Waals surface area contributed by atoms with Crippen molar-refractivity contribution in [1.29, 1.82) is 0 Å². The molecule has 2 rings (SSSR count). The van der Waals surface area contributed by atoms with Crippen LogP contribution in [0.2, 0.25) is 0 Å². The van der Waals surface area contributed by atoms with Crippen LogP contribution < -0.4 is 5.73 Å². The van der Waals surface area contributed by atoms with Crippen molar-refractivity contribution in [3.8, 4) is 0 Å². The van der Waals surface area contributed by atoms with Crippen molar-refractivity contribution in [3.63, 3.8) is 0 Å². The van der Waals surface area contributed by atoms with Gasteiger partial charge >= 0.3 is 0 Å². The number of hydrogen-bond acceptors (Lipinski definition) is 3. The van der Waals surface area contributed by atoms with Crippen LogP contribution in [0.1, 0.15) is 24.5 Å². The molecule has 0 heterocycles. The van der Waals surface area contributed by atoms with Crippen LogP contribution in [0.15, 0.2) is 23.1 Å². The van der Waals surface area contributed by atoms with Crippen LogP contribution in [0.3, 0.4) is 0 Å². The first-order chi connectivity index (χ1) is 8.46. The summed E-state index contributed by atoms with van der Waals surface area (Å²) >= 11 is 0. The van der Waals surface area contributed by atoms with Crippen LogP contribution in [0.25, 0.3) is 0 Å². The summed E-state index contributed by atoms with van der Waals surface area (Å²) < 4.78 is 26.2. The number of sulfonamides is 1. The second-order valence-corrected chi connectivity index (χ2v) is 6.89. The summed E-state index contributed by atoms with van der Waals surface area (Å²) in [6.45, 7) is 2.13. The van der Waals surface area contributed by atoms with Crippen LogP contribution in [0.5, 0.6) is 0 Å². The van der Waals surface area contributed by atoms with Crippen LogP contribution in [-0.2, 0) is 22.9 Å². The van der Waals surface area contributed by atoms with Gasteiger partial charge in [0.1, 0.15) is 0 Å². The molecule has 1 aromatic carbocycles. The molecule has 0 bridgehead atoms. The minimum atomic E-state index is -3.42. The summed E-state index contributed by atoms with van der Waals surface area (Å²) in [6, 6.07) is 5.27. The lowest BCUT2D eigenvalue weighted by Crippen LogP contribution is -2.39. The fourth-order valence-electron chi connectivity index (χ4n) is 2.26. The van der Waals surface area contributed by atoms with Gasteiger partial charge in [0.25, 0.3) is 0 Å². The maximum atomic E-state index is 12.4. The number of rotatable bonds is 4. The first kappa shape index (κ1) is 13.5. The Labute approximate surface area is 109 Å². The highest BCUT2D eigenvalue weighted by Gasteiger charge is 2.25. The lowest BCUT2D eigenvalue weighted by atomic mass is 10.1. The molecule has 0 radical (unpaired) electrons. The lowest BCUT2D eigenvalue weighted by Gasteiger charge is -2.23. The Bertz CT molecular complexity index is 540. The van der Waals surface area contributed by atoms with Crippen molar-refractivity contribution < 1.29 is 8.42 Å². The molecule has 1 aliphatic rings. The molecule has 0 saturated heterocycles. The van der Waals surface area contributed by atoms with Crippen LogP contribution in [-0.4, -0.2) is 32.4 Å². The number of fused-ring (bicyclic) bond motifs is 1. The molecule has 2 N–H and O–H groups in total. The monoisotopic (exact) mass is 268 g/mol. The molecular weight excluding hydrogens is 248 g/mol. The number of nitrogens with two attached hydrogens (primary N) is 1. The SMILES string of the molecule is CC(CN)N(C)S(=O)(=O)c1ccc2c(c1)CCC2. The minimum absolute atomic E-state index is 0.191. The third kappa shape index (κ3) is 2.30. The van der Waals surface area contributed by atoms with E-state index in [-0.39, 0.29) is 6.04 Å². The standard InChI is InChI=1S/C13H20N2O2S/c1-10(9-14)15(2)18(16,17)13-7-6-11-4-3-5-12(11)8-13/h6-8,10H,3-5,9,14H2,1-2H3. The fourth-order valence-corrected chi connectivity index (χ4v) is 3.68. The molecule has 100 valence electrons. The Morgan fingerprint density at radius 1 is 1.33 bits per heavy atom. The highest BCUT2D eigenvalue weighted by atomic mass is 32.2. The van der Waals surface area contributed by atoms with Gasteiger partial charge in [-0.2, -0.15) is 4.31 Å². The second-order valence-electron chi connectivity index (χ2n) is 4.89. The normalized spacial score (nSPS) is 16.9. The van der Waals surface area contributed by atoms with Crippen LogP contribution >= 0.6 is 0 Å². The second kappa shape index (κ2) is 4.99. The number of benzene rings is 1. The number of hydrogen-bond donors (Lipinski definition) is 1. The topological polar surface area (TPSA) is 63.4 Å². The van der Waals surface area contributed by atoms with E-state index in [9.17, 15) is 8.42 Å². The maximum Gasteiger partial charge on any atom is 0.243 e. The van der Waals surface area contributed by atoms with Gasteiger partial charge in [0.15, 0.2) is 0 Å². The van der Waals surface area contributed by atoms with Gasteiger partial charge in [-0.1, -0.05) is 6.07 Å². The average molecular weight is 268 g/mol. The summed E-state index contributed by atoms with van der Waals surface area (Å²) in [4.78, 5) is 0.381. The van der Waals surface area contributed by atoms with E-state index >= 15 is 0 Å². The van der Waals surface area contributed by atoms with Crippen LogP contribution in [0, 0.1) is 0 Å². The summed E-state index contributed by atoms with van der Waals surface area (Å²) in [5.41, 5.74) is 7.98. The van der Waals surface area contributed by atoms with Crippen LogP contribution in [0.4, 0.5) is 0 Å². The van der Waals surface area contributed by atoms with Gasteiger partial charge in [-0.05, 0) is 49.4 Å². The van der Waals surface area contributed by atoms with Gasteiger partial charge in [-0.15, -0.1) is 0 Å². The zero-order valence-corrected chi connectivity index (χ0v) is 11.7. The molecule has 0 saturated carbocycles. The summed E-state index contributed by atoms with van der Waals surface area (Å²) in [6.07, 6.45) is 3.16. The van der Waals surface area contributed by atoms with E-state index in [1.54, 1.807) is 13.1 Å². The fraction of sp³-hybridized carbons (Fsp3) is 0.538. The highest BCUT2D eigenvalue weighted by Crippen LogP contribution is 2.26. The van der Waals surface area contributed by atoms with E-state index < -0.39 is 10.0 Å². The molecule has 5 heteroatoms. The molecule has 4 nitrogen and oxygen atoms in total. The van der Waals surface area contributed by atoms with Gasteiger partial charge in [0.05, 0.1) is 4.90 Å². The molecule has 0 spiro atoms. The largest absolute Gasteiger partial charge is 0.329 e. The lowest BCUT2D eigenvalue weighted by molar-refractivity contribution is 0.394. The van der Waals surface area contributed by atoms with Crippen molar-refractivity contribution in [2.75, 3.05) is 13.6 Å². The van der Waals surface area contributed by atoms with Gasteiger partial charge < -0.3 is 5.73 Å². The molecular formula is C13H20N2O2S. The van der Waals surface area contributed by atoms with E-state index in [2.05, 4.69) is 0 Å². The predicted octanol–water partition coefficient (Wildman–Crippen LogP) is 1.14. The molecule has 18 heavy (non-hydrogen) atoms. The minimum Gasteiger partial charge on any atom is -0.329 e. The van der Waals surface area contributed by atoms with Gasteiger partial charge in [-0.3, -0.25) is 0 Å². The zero-order chi connectivity index (χ0) is 13.3. The first-order valence-corrected chi connectivity index (χ1v) is 7.70. The third-order valence-electron chi connectivity index (χ3n) is 3.71. The highest BCUT2D eigenvalue weighted by molar-refractivity contribution is 7.89. The van der Waals surface area contributed by atoms with Gasteiger partial charge in [0.2, 0.25) is 10.0 Å². The van der Waals surface area contributed by atoms with Crippen molar-refractivity contribution in [2.24, 2.45) is 5.73 Å². The van der Waals surface area contributed by atoms with Crippen molar-refractivity contribution in [1.82, 2.24) is 4.31 Å². The molecule has 1 aliphatic carbocycles. The maximum absolute atomic E-state index is 12.4. The molecule has 0 amide bonds. The average Bonchev–Trinajstić information content (AvgIpc) is 2.83. The van der Waals surface area contributed by atoms with E-state index in [0.29, 0.717) is 11.4 Å². The third-order valence-corrected chi connectivity index (χ3v) is 5.68. The first-order valence-electron chi connectivity index (χ1n) is 6.26. The Balaban J connectivity index is 2.36. The molecule has 1 atom stereocenters. The molecule has 0 fully saturated rings. The molecule has 0 aliphatic heterocycles. The van der Waals surface area contributed by atoms with E-state index in [4.69, 9.17) is 5.73 Å². The molecule has 1 unspecified atom stereocenters. The molecule has 1 aromatic rings. The van der Waals surface area contributed by atoms with Crippen molar-refractivity contribution >= 4 is 10.0 Å². The Morgan fingerprint density at radius 3 is 2.67 bits per heavy atom. The smallest absolute Gasteiger partial charge is 0.243 e. The quantitative estimate of drug-likeness (QED) is 0.890. The Hall–Kier alpha value is -0.910. The predicted molar refractivity (Wildman–Crippen MR) is 71.9 cm³/mol. The van der Waals surface area contributed by atoms with Gasteiger partial charge in [-0.25, -0.2) is 8.42 Å². The van der Waals surface area contributed by atoms with E-state index in [1.807, 2.05) is 19.1 Å². The Kier molecular flexibility index (Phi) is 3.75. The van der Waals surface area contributed by atoms with Crippen molar-refractivity contribution in [2.45, 2.75) is 37.1 Å². The number of likely N-dealkylation sites (N-methyl/N-ethyl adjacent to an activating group) is 1.